The van der Waals surface area contributed by atoms with Crippen molar-refractivity contribution < 1.29 is 21.6 Å². The molecule has 1 aromatic rings. The van der Waals surface area contributed by atoms with E-state index in [9.17, 15) is 21.6 Å². The van der Waals surface area contributed by atoms with Gasteiger partial charge in [0.25, 0.3) is 0 Å². The molecule has 120 valence electrons. The summed E-state index contributed by atoms with van der Waals surface area (Å²) in [5.74, 6) is 0. The Morgan fingerprint density at radius 2 is 2.05 bits per heavy atom. The molecule has 0 spiro atoms. The molecular weight excluding hydrogens is 331 g/mol. The number of pyridine rings is 1. The number of likely N-dealkylation sites (N-methyl/N-ethyl adjacent to an activating group) is 1. The number of nitrogens with zero attached hydrogens (tertiary/aromatic N) is 2. The van der Waals surface area contributed by atoms with Crippen LogP contribution < -0.4 is 5.32 Å². The highest BCUT2D eigenvalue weighted by Crippen LogP contribution is 2.28. The lowest BCUT2D eigenvalue weighted by atomic mass is 10.3. The van der Waals surface area contributed by atoms with E-state index in [0.29, 0.717) is 19.0 Å². The van der Waals surface area contributed by atoms with Crippen LogP contribution in [-0.2, 0) is 16.2 Å². The Balaban J connectivity index is 0.00000220. The van der Waals surface area contributed by atoms with E-state index in [1.165, 1.54) is 11.4 Å². The summed E-state index contributed by atoms with van der Waals surface area (Å²) >= 11 is 0. The fourth-order valence-corrected chi connectivity index (χ4v) is 3.34. The second kappa shape index (κ2) is 6.47. The number of nitrogens with one attached hydrogen (secondary N) is 1. The van der Waals surface area contributed by atoms with Crippen LogP contribution in [0.4, 0.5) is 13.2 Å². The Bertz CT molecular complexity index is 571. The highest BCUT2D eigenvalue weighted by Gasteiger charge is 2.34. The van der Waals surface area contributed by atoms with Crippen molar-refractivity contribution in [1.82, 2.24) is 14.6 Å². The Kier molecular flexibility index (Phi) is 5.59. The molecular formula is C11H15ClF3N3O2S. The normalized spacial score (nSPS) is 19.6. The molecule has 0 saturated carbocycles. The monoisotopic (exact) mass is 345 g/mol. The minimum atomic E-state index is -4.58. The van der Waals surface area contributed by atoms with Crippen molar-refractivity contribution in [3.8, 4) is 0 Å². The number of alkyl halides is 3. The quantitative estimate of drug-likeness (QED) is 0.902. The van der Waals surface area contributed by atoms with E-state index in [1.54, 1.807) is 0 Å². The highest BCUT2D eigenvalue weighted by atomic mass is 35.5. The SMILES string of the molecule is CN(C1CCNC1)S(=O)(=O)c1ccc(C(F)(F)F)nc1.Cl. The Morgan fingerprint density at radius 3 is 2.48 bits per heavy atom. The van der Waals surface area contributed by atoms with Crippen LogP contribution in [0.1, 0.15) is 12.1 Å². The Labute approximate surface area is 127 Å². The minimum Gasteiger partial charge on any atom is -0.315 e. The standard InChI is InChI=1S/C11H14F3N3O2S.ClH/c1-17(8-4-5-15-6-8)20(18,19)9-2-3-10(16-7-9)11(12,13)14;/h2-3,7-8,15H,4-6H2,1H3;1H. The van der Waals surface area contributed by atoms with Gasteiger partial charge in [-0.05, 0) is 25.1 Å². The molecule has 1 fully saturated rings. The molecule has 0 aliphatic carbocycles. The summed E-state index contributed by atoms with van der Waals surface area (Å²) in [6.07, 6.45) is -3.16. The fourth-order valence-electron chi connectivity index (χ4n) is 2.01. The van der Waals surface area contributed by atoms with Crippen LogP contribution in [0.3, 0.4) is 0 Å². The summed E-state index contributed by atoms with van der Waals surface area (Å²) in [7, 11) is -2.40. The maximum atomic E-state index is 12.4. The maximum absolute atomic E-state index is 12.4. The van der Waals surface area contributed by atoms with Crippen LogP contribution in [0.25, 0.3) is 0 Å². The molecule has 2 heterocycles. The molecule has 0 amide bonds. The smallest absolute Gasteiger partial charge is 0.315 e. The predicted octanol–water partition coefficient (Wildman–Crippen LogP) is 1.50. The second-order valence-corrected chi connectivity index (χ2v) is 6.54. The number of hydrogen-bond donors (Lipinski definition) is 1. The summed E-state index contributed by atoms with van der Waals surface area (Å²) in [5.41, 5.74) is -1.11. The van der Waals surface area contributed by atoms with Crippen molar-refractivity contribution in [2.45, 2.75) is 23.5 Å². The van der Waals surface area contributed by atoms with Gasteiger partial charge >= 0.3 is 6.18 Å². The van der Waals surface area contributed by atoms with Gasteiger partial charge in [-0.3, -0.25) is 4.98 Å². The largest absolute Gasteiger partial charge is 0.433 e. The lowest BCUT2D eigenvalue weighted by Gasteiger charge is -2.23. The number of aromatic nitrogens is 1. The molecule has 0 radical (unpaired) electrons. The first-order chi connectivity index (χ1) is 9.23. The van der Waals surface area contributed by atoms with Gasteiger partial charge in [-0.15, -0.1) is 12.4 Å². The van der Waals surface area contributed by atoms with Crippen molar-refractivity contribution in [3.63, 3.8) is 0 Å². The summed E-state index contributed by atoms with van der Waals surface area (Å²) < 4.78 is 62.9. The zero-order valence-electron chi connectivity index (χ0n) is 11.1. The summed E-state index contributed by atoms with van der Waals surface area (Å²) in [6, 6.07) is 1.42. The molecule has 5 nitrogen and oxygen atoms in total. The van der Waals surface area contributed by atoms with E-state index < -0.39 is 21.9 Å². The van der Waals surface area contributed by atoms with Crippen molar-refractivity contribution in [1.29, 1.82) is 0 Å². The third-order valence-corrected chi connectivity index (χ3v) is 5.15. The van der Waals surface area contributed by atoms with E-state index in [1.807, 2.05) is 0 Å². The number of hydrogen-bond acceptors (Lipinski definition) is 4. The topological polar surface area (TPSA) is 62.3 Å². The minimum absolute atomic E-state index is 0. The van der Waals surface area contributed by atoms with Crippen LogP contribution in [0.5, 0.6) is 0 Å². The fraction of sp³-hybridized carbons (Fsp3) is 0.545. The average molecular weight is 346 g/mol. The highest BCUT2D eigenvalue weighted by molar-refractivity contribution is 7.89. The maximum Gasteiger partial charge on any atom is 0.433 e. The van der Waals surface area contributed by atoms with Gasteiger partial charge in [-0.25, -0.2) is 8.42 Å². The Hall–Kier alpha value is -0.900. The third-order valence-electron chi connectivity index (χ3n) is 3.25. The van der Waals surface area contributed by atoms with E-state index in [2.05, 4.69) is 10.3 Å². The van der Waals surface area contributed by atoms with Crippen molar-refractivity contribution in [3.05, 3.63) is 24.0 Å². The first-order valence-corrected chi connectivity index (χ1v) is 7.39. The summed E-state index contributed by atoms with van der Waals surface area (Å²) in [6.45, 7) is 1.25. The first-order valence-electron chi connectivity index (χ1n) is 5.95. The molecule has 10 heteroatoms. The van der Waals surface area contributed by atoms with E-state index in [4.69, 9.17) is 0 Å². The third kappa shape index (κ3) is 3.85. The van der Waals surface area contributed by atoms with Crippen LogP contribution in [-0.4, -0.2) is 43.9 Å². The van der Waals surface area contributed by atoms with Crippen LogP contribution in [0.15, 0.2) is 23.2 Å². The van der Waals surface area contributed by atoms with Crippen LogP contribution in [0, 0.1) is 0 Å². The predicted molar refractivity (Wildman–Crippen MR) is 72.7 cm³/mol. The van der Waals surface area contributed by atoms with Gasteiger partial charge in [0.1, 0.15) is 10.6 Å². The number of sulfonamides is 1. The molecule has 0 aromatic carbocycles. The van der Waals surface area contributed by atoms with Crippen molar-refractivity contribution in [2.24, 2.45) is 0 Å². The molecule has 0 bridgehead atoms. The molecule has 1 saturated heterocycles. The number of rotatable bonds is 3. The molecule has 1 atom stereocenters. The Morgan fingerprint density at radius 1 is 1.38 bits per heavy atom. The molecule has 21 heavy (non-hydrogen) atoms. The van der Waals surface area contributed by atoms with Gasteiger partial charge < -0.3 is 5.32 Å². The molecule has 1 N–H and O–H groups in total. The summed E-state index contributed by atoms with van der Waals surface area (Å²) in [4.78, 5) is 2.94. The van der Waals surface area contributed by atoms with Crippen molar-refractivity contribution in [2.75, 3.05) is 20.1 Å². The van der Waals surface area contributed by atoms with E-state index in [0.717, 1.165) is 18.8 Å². The zero-order chi connectivity index (χ0) is 15.0. The van der Waals surface area contributed by atoms with Gasteiger partial charge in [0.2, 0.25) is 10.0 Å². The van der Waals surface area contributed by atoms with Gasteiger partial charge in [0, 0.05) is 25.8 Å². The van der Waals surface area contributed by atoms with Crippen LogP contribution in [0.2, 0.25) is 0 Å². The van der Waals surface area contributed by atoms with E-state index in [-0.39, 0.29) is 23.3 Å². The van der Waals surface area contributed by atoms with Gasteiger partial charge in [0.15, 0.2) is 0 Å². The van der Waals surface area contributed by atoms with E-state index >= 15 is 0 Å². The molecule has 1 unspecified atom stereocenters. The van der Waals surface area contributed by atoms with Gasteiger partial charge in [-0.2, -0.15) is 17.5 Å². The van der Waals surface area contributed by atoms with Crippen LogP contribution >= 0.6 is 12.4 Å². The molecule has 1 aliphatic rings. The lowest BCUT2D eigenvalue weighted by Crippen LogP contribution is -2.38. The lowest BCUT2D eigenvalue weighted by molar-refractivity contribution is -0.141. The molecule has 1 aliphatic heterocycles. The van der Waals surface area contributed by atoms with Crippen molar-refractivity contribution >= 4 is 22.4 Å². The van der Waals surface area contributed by atoms with Gasteiger partial charge in [-0.1, -0.05) is 0 Å². The average Bonchev–Trinajstić information content (AvgIpc) is 2.90. The number of halogens is 4. The summed E-state index contributed by atoms with van der Waals surface area (Å²) in [5, 5.41) is 3.04. The van der Waals surface area contributed by atoms with Gasteiger partial charge in [0.05, 0.1) is 0 Å². The first kappa shape index (κ1) is 18.1. The molecule has 1 aromatic heterocycles. The zero-order valence-corrected chi connectivity index (χ0v) is 12.7. The molecule has 2 rings (SSSR count). The second-order valence-electron chi connectivity index (χ2n) is 4.54.